The summed E-state index contributed by atoms with van der Waals surface area (Å²) in [5.41, 5.74) is 7.53. The van der Waals surface area contributed by atoms with Crippen molar-refractivity contribution in [2.24, 2.45) is 5.10 Å². The van der Waals surface area contributed by atoms with E-state index in [4.69, 9.17) is 23.4 Å². The lowest BCUT2D eigenvalue weighted by Crippen LogP contribution is -2.16. The second kappa shape index (κ2) is 13.5. The molecule has 0 fully saturated rings. The summed E-state index contributed by atoms with van der Waals surface area (Å²) in [4.78, 5) is 12.6. The van der Waals surface area contributed by atoms with Gasteiger partial charge in [0.15, 0.2) is 17.3 Å². The number of carbonyl (C=O) groups excluding carboxylic acids is 1. The molecule has 2 heterocycles. The average Bonchev–Trinajstić information content (AvgIpc) is 3.65. The van der Waals surface area contributed by atoms with E-state index in [0.29, 0.717) is 40.9 Å². The molecule has 9 nitrogen and oxygen atoms in total. The number of ether oxygens (including phenoxy) is 4. The van der Waals surface area contributed by atoms with Crippen LogP contribution in [0.5, 0.6) is 23.0 Å². The highest BCUT2D eigenvalue weighted by Gasteiger charge is 2.15. The third-order valence-electron chi connectivity index (χ3n) is 6.72. The Hall–Kier alpha value is -5.44. The smallest absolute Gasteiger partial charge is 0.307 e. The number of nitrogens with zero attached hydrogens (tertiary/aromatic N) is 2. The highest BCUT2D eigenvalue weighted by atomic mass is 16.5. The molecule has 0 saturated heterocycles. The third kappa shape index (κ3) is 7.08. The van der Waals surface area contributed by atoms with Crippen LogP contribution >= 0.6 is 0 Å². The predicted octanol–water partition coefficient (Wildman–Crippen LogP) is 6.63. The summed E-state index contributed by atoms with van der Waals surface area (Å²) in [7, 11) is 3.09. The number of hydrazone groups is 1. The highest BCUT2D eigenvalue weighted by Crippen LogP contribution is 2.38. The zero-order valence-electron chi connectivity index (χ0n) is 24.5. The Morgan fingerprint density at radius 2 is 1.51 bits per heavy atom. The van der Waals surface area contributed by atoms with Gasteiger partial charge < -0.3 is 27.9 Å². The van der Waals surface area contributed by atoms with E-state index >= 15 is 0 Å². The number of rotatable bonds is 12. The van der Waals surface area contributed by atoms with Crippen LogP contribution in [0.2, 0.25) is 0 Å². The van der Waals surface area contributed by atoms with E-state index in [1.165, 1.54) is 17.6 Å². The number of carbonyl (C=O) groups is 1. The van der Waals surface area contributed by atoms with Gasteiger partial charge in [0, 0.05) is 22.6 Å². The largest absolute Gasteiger partial charge is 0.493 e. The van der Waals surface area contributed by atoms with Gasteiger partial charge in [0.05, 0.1) is 20.4 Å². The molecule has 0 spiro atoms. The molecule has 0 radical (unpaired) electrons. The van der Waals surface area contributed by atoms with Crippen molar-refractivity contribution in [1.29, 1.82) is 0 Å². The molecule has 3 aromatic carbocycles. The molecule has 9 heteroatoms. The van der Waals surface area contributed by atoms with Gasteiger partial charge in [0.2, 0.25) is 5.75 Å². The number of furan rings is 1. The van der Waals surface area contributed by atoms with E-state index in [9.17, 15) is 4.79 Å². The van der Waals surface area contributed by atoms with Crippen LogP contribution < -0.4 is 24.4 Å². The summed E-state index contributed by atoms with van der Waals surface area (Å²) in [6, 6.07) is 28.6. The molecule has 5 rings (SSSR count). The summed E-state index contributed by atoms with van der Waals surface area (Å²) in [6.45, 7) is 4.67. The van der Waals surface area contributed by atoms with Gasteiger partial charge in [-0.15, -0.1) is 0 Å². The fourth-order valence-electron chi connectivity index (χ4n) is 4.57. The lowest BCUT2D eigenvalue weighted by molar-refractivity contribution is 0.0923. The molecule has 0 aliphatic heterocycles. The molecule has 0 aliphatic carbocycles. The number of hydrogen-bond acceptors (Lipinski definition) is 7. The van der Waals surface area contributed by atoms with Crippen molar-refractivity contribution in [3.63, 3.8) is 0 Å². The number of nitrogens with one attached hydrogen (secondary N) is 1. The van der Waals surface area contributed by atoms with Gasteiger partial charge >= 0.3 is 5.91 Å². The molecule has 0 unspecified atom stereocenters. The van der Waals surface area contributed by atoms with E-state index in [1.54, 1.807) is 38.5 Å². The number of aryl methyl sites for hydroxylation is 2. The molecule has 1 N–H and O–H groups in total. The quantitative estimate of drug-likeness (QED) is 0.132. The second-order valence-electron chi connectivity index (χ2n) is 9.73. The molecule has 5 aromatic rings. The minimum absolute atomic E-state index is 0.115. The maximum absolute atomic E-state index is 12.6. The zero-order valence-corrected chi connectivity index (χ0v) is 24.5. The number of amides is 1. The van der Waals surface area contributed by atoms with Crippen LogP contribution in [0.1, 0.15) is 38.8 Å². The number of hydrogen-bond donors (Lipinski definition) is 1. The standard InChI is InChI=1S/C34H33N3O6/c1-23-10-11-24(2)37(23)27-12-14-28(15-13-27)41-22-29-16-17-30(43-29)34(38)36-35-20-26-18-31(39-3)33(32(19-26)40-4)42-21-25-8-6-5-7-9-25/h5-20H,21-22H2,1-4H3,(H,36,38)/b35-20+. The molecule has 1 amide bonds. The van der Waals surface area contributed by atoms with E-state index < -0.39 is 5.91 Å². The molecule has 220 valence electrons. The monoisotopic (exact) mass is 579 g/mol. The van der Waals surface area contributed by atoms with E-state index in [-0.39, 0.29) is 12.4 Å². The Bertz CT molecular complexity index is 1660. The lowest BCUT2D eigenvalue weighted by atomic mass is 10.2. The van der Waals surface area contributed by atoms with Crippen molar-refractivity contribution in [2.45, 2.75) is 27.1 Å². The molecular weight excluding hydrogens is 546 g/mol. The van der Waals surface area contributed by atoms with Crippen molar-refractivity contribution >= 4 is 12.1 Å². The number of benzene rings is 3. The molecule has 43 heavy (non-hydrogen) atoms. The van der Waals surface area contributed by atoms with Gasteiger partial charge in [-0.05, 0) is 80.1 Å². The van der Waals surface area contributed by atoms with Crippen LogP contribution in [0.15, 0.2) is 101 Å². The van der Waals surface area contributed by atoms with Gasteiger partial charge in [-0.1, -0.05) is 30.3 Å². The minimum atomic E-state index is -0.494. The van der Waals surface area contributed by atoms with Crippen molar-refractivity contribution in [3.05, 3.63) is 125 Å². The average molecular weight is 580 g/mol. The van der Waals surface area contributed by atoms with Gasteiger partial charge in [-0.2, -0.15) is 5.10 Å². The highest BCUT2D eigenvalue weighted by molar-refractivity contribution is 5.92. The fourth-order valence-corrected chi connectivity index (χ4v) is 4.57. The summed E-state index contributed by atoms with van der Waals surface area (Å²) >= 11 is 0. The predicted molar refractivity (Wildman–Crippen MR) is 164 cm³/mol. The topological polar surface area (TPSA) is 96.5 Å². The summed E-state index contributed by atoms with van der Waals surface area (Å²) in [5, 5.41) is 4.07. The molecule has 0 bridgehead atoms. The lowest BCUT2D eigenvalue weighted by Gasteiger charge is -2.15. The van der Waals surface area contributed by atoms with Crippen LogP contribution in [-0.2, 0) is 13.2 Å². The van der Waals surface area contributed by atoms with Crippen LogP contribution in [0.4, 0.5) is 0 Å². The Morgan fingerprint density at radius 3 is 2.16 bits per heavy atom. The number of methoxy groups -OCH3 is 2. The van der Waals surface area contributed by atoms with Crippen molar-refractivity contribution in [3.8, 4) is 28.7 Å². The Balaban J connectivity index is 1.16. The summed E-state index contributed by atoms with van der Waals surface area (Å²) < 4.78 is 30.7. The van der Waals surface area contributed by atoms with Crippen molar-refractivity contribution in [1.82, 2.24) is 9.99 Å². The Labute approximate surface area is 250 Å². The third-order valence-corrected chi connectivity index (χ3v) is 6.72. The molecule has 2 aromatic heterocycles. The first-order valence-corrected chi connectivity index (χ1v) is 13.7. The second-order valence-corrected chi connectivity index (χ2v) is 9.73. The van der Waals surface area contributed by atoms with Crippen LogP contribution in [-0.4, -0.2) is 30.9 Å². The molecule has 0 aliphatic rings. The first-order valence-electron chi connectivity index (χ1n) is 13.7. The zero-order chi connectivity index (χ0) is 30.2. The minimum Gasteiger partial charge on any atom is -0.493 e. The van der Waals surface area contributed by atoms with Gasteiger partial charge in [-0.25, -0.2) is 5.43 Å². The van der Waals surface area contributed by atoms with E-state index in [1.807, 2.05) is 54.6 Å². The van der Waals surface area contributed by atoms with E-state index in [2.05, 4.69) is 41.1 Å². The maximum Gasteiger partial charge on any atom is 0.307 e. The first kappa shape index (κ1) is 29.1. The fraction of sp³-hybridized carbons (Fsp3) is 0.176. The van der Waals surface area contributed by atoms with Crippen LogP contribution in [0, 0.1) is 13.8 Å². The number of aromatic nitrogens is 1. The van der Waals surface area contributed by atoms with Crippen LogP contribution in [0.25, 0.3) is 5.69 Å². The Morgan fingerprint density at radius 1 is 0.837 bits per heavy atom. The van der Waals surface area contributed by atoms with Gasteiger partial charge in [0.1, 0.15) is 24.7 Å². The molecule has 0 saturated carbocycles. The maximum atomic E-state index is 12.6. The normalized spacial score (nSPS) is 11.0. The summed E-state index contributed by atoms with van der Waals surface area (Å²) in [5.74, 6) is 2.25. The first-order chi connectivity index (χ1) is 20.9. The van der Waals surface area contributed by atoms with E-state index in [0.717, 1.165) is 11.3 Å². The molecule has 0 atom stereocenters. The SMILES string of the molecule is COc1cc(/C=N/NC(=O)c2ccc(COc3ccc(-n4c(C)ccc4C)cc3)o2)cc(OC)c1OCc1ccccc1. The van der Waals surface area contributed by atoms with Crippen LogP contribution in [0.3, 0.4) is 0 Å². The van der Waals surface area contributed by atoms with Gasteiger partial charge in [-0.3, -0.25) is 4.79 Å². The van der Waals surface area contributed by atoms with Crippen molar-refractivity contribution in [2.75, 3.05) is 14.2 Å². The van der Waals surface area contributed by atoms with Crippen molar-refractivity contribution < 1.29 is 28.2 Å². The summed E-state index contributed by atoms with van der Waals surface area (Å²) in [6.07, 6.45) is 1.48. The van der Waals surface area contributed by atoms with Gasteiger partial charge in [0.25, 0.3) is 0 Å². The molecular formula is C34H33N3O6. The Kier molecular flexibility index (Phi) is 9.11.